The number of rotatable bonds is 4. The van der Waals surface area contributed by atoms with Crippen LogP contribution in [0.15, 0.2) is 57.8 Å². The molecule has 0 bridgehead atoms. The molecule has 0 saturated carbocycles. The molecule has 2 aromatic rings. The SMILES string of the molecule is C=CCOC(=O)C1=C(C)Nc2c(c(=O)n(C)c(=O)n2C)C1c1ccccc1C(F)(F)F. The van der Waals surface area contributed by atoms with Crippen LogP contribution < -0.4 is 16.6 Å². The highest BCUT2D eigenvalue weighted by atomic mass is 19.4. The summed E-state index contributed by atoms with van der Waals surface area (Å²) in [7, 11) is 2.60. The molecule has 0 fully saturated rings. The van der Waals surface area contributed by atoms with E-state index in [1.165, 1.54) is 45.3 Å². The van der Waals surface area contributed by atoms with E-state index in [1.54, 1.807) is 0 Å². The molecule has 1 aliphatic heterocycles. The molecule has 1 unspecified atom stereocenters. The van der Waals surface area contributed by atoms with Gasteiger partial charge in [0.1, 0.15) is 12.4 Å². The van der Waals surface area contributed by atoms with E-state index in [0.717, 1.165) is 15.2 Å². The Balaban J connectivity index is 2.43. The van der Waals surface area contributed by atoms with E-state index >= 15 is 0 Å². The molecule has 0 amide bonds. The first-order chi connectivity index (χ1) is 14.5. The Labute approximate surface area is 175 Å². The molecule has 10 heteroatoms. The van der Waals surface area contributed by atoms with Gasteiger partial charge in [0.2, 0.25) is 0 Å². The van der Waals surface area contributed by atoms with Crippen molar-refractivity contribution in [3.63, 3.8) is 0 Å². The van der Waals surface area contributed by atoms with Crippen molar-refractivity contribution in [2.75, 3.05) is 11.9 Å². The van der Waals surface area contributed by atoms with Gasteiger partial charge in [0, 0.05) is 19.8 Å². The molecule has 0 radical (unpaired) electrons. The largest absolute Gasteiger partial charge is 0.458 e. The number of fused-ring (bicyclic) bond motifs is 1. The highest BCUT2D eigenvalue weighted by Crippen LogP contribution is 2.44. The molecule has 1 aromatic carbocycles. The van der Waals surface area contributed by atoms with Crippen LogP contribution in [0.5, 0.6) is 0 Å². The fourth-order valence-corrected chi connectivity index (χ4v) is 3.69. The fourth-order valence-electron chi connectivity index (χ4n) is 3.69. The molecule has 2 heterocycles. The maximum Gasteiger partial charge on any atom is 0.416 e. The summed E-state index contributed by atoms with van der Waals surface area (Å²) < 4.78 is 48.5. The van der Waals surface area contributed by atoms with Crippen molar-refractivity contribution in [3.05, 3.63) is 85.7 Å². The Hall–Kier alpha value is -3.56. The highest BCUT2D eigenvalue weighted by Gasteiger charge is 2.42. The second-order valence-electron chi connectivity index (χ2n) is 7.04. The second kappa shape index (κ2) is 7.93. The Morgan fingerprint density at radius 3 is 2.48 bits per heavy atom. The number of anilines is 1. The summed E-state index contributed by atoms with van der Waals surface area (Å²) in [5, 5.41) is 2.82. The first kappa shape index (κ1) is 22.1. The van der Waals surface area contributed by atoms with Crippen molar-refractivity contribution in [3.8, 4) is 0 Å². The van der Waals surface area contributed by atoms with E-state index in [2.05, 4.69) is 11.9 Å². The van der Waals surface area contributed by atoms with Gasteiger partial charge in [-0.1, -0.05) is 30.9 Å². The van der Waals surface area contributed by atoms with Crippen LogP contribution in [0.1, 0.15) is 29.5 Å². The van der Waals surface area contributed by atoms with Gasteiger partial charge in [-0.3, -0.25) is 13.9 Å². The number of allylic oxidation sites excluding steroid dienone is 1. The molecule has 31 heavy (non-hydrogen) atoms. The van der Waals surface area contributed by atoms with Crippen LogP contribution in [-0.4, -0.2) is 21.7 Å². The molecule has 1 aliphatic rings. The van der Waals surface area contributed by atoms with Crippen LogP contribution in [-0.2, 0) is 29.8 Å². The predicted molar refractivity (Wildman–Crippen MR) is 108 cm³/mol. The van der Waals surface area contributed by atoms with Crippen molar-refractivity contribution in [1.82, 2.24) is 9.13 Å². The fraction of sp³-hybridized carbons (Fsp3) is 0.286. The van der Waals surface area contributed by atoms with Gasteiger partial charge in [-0.05, 0) is 18.6 Å². The summed E-state index contributed by atoms with van der Waals surface area (Å²) >= 11 is 0. The molecule has 1 N–H and O–H groups in total. The van der Waals surface area contributed by atoms with Gasteiger partial charge < -0.3 is 10.1 Å². The zero-order valence-electron chi connectivity index (χ0n) is 17.0. The average molecular weight is 435 g/mol. The first-order valence-corrected chi connectivity index (χ1v) is 9.22. The molecular formula is C21H20F3N3O4. The van der Waals surface area contributed by atoms with Gasteiger partial charge in [0.05, 0.1) is 22.6 Å². The number of ether oxygens (including phenoxy) is 1. The number of nitrogens with zero attached hydrogens (tertiary/aromatic N) is 2. The molecule has 164 valence electrons. The Morgan fingerprint density at radius 2 is 1.87 bits per heavy atom. The zero-order valence-corrected chi connectivity index (χ0v) is 17.0. The van der Waals surface area contributed by atoms with Crippen LogP contribution in [0, 0.1) is 0 Å². The standard InChI is InChI=1S/C21H20F3N3O4/c1-5-10-31-19(29)14-11(2)25-17-16(18(28)27(4)20(30)26(17)3)15(14)12-8-6-7-9-13(12)21(22,23)24/h5-9,15,25H,1,10H2,2-4H3. The topological polar surface area (TPSA) is 82.3 Å². The molecule has 3 rings (SSSR count). The second-order valence-corrected chi connectivity index (χ2v) is 7.04. The van der Waals surface area contributed by atoms with Crippen LogP contribution in [0.2, 0.25) is 0 Å². The number of carbonyl (C=O) groups is 1. The molecule has 0 aliphatic carbocycles. The minimum Gasteiger partial charge on any atom is -0.458 e. The minimum atomic E-state index is -4.74. The lowest BCUT2D eigenvalue weighted by molar-refractivity contribution is -0.140. The van der Waals surface area contributed by atoms with Gasteiger partial charge in [-0.2, -0.15) is 13.2 Å². The van der Waals surface area contributed by atoms with E-state index in [0.29, 0.717) is 0 Å². The molecule has 0 spiro atoms. The van der Waals surface area contributed by atoms with Crippen LogP contribution in [0.25, 0.3) is 0 Å². The number of esters is 1. The summed E-state index contributed by atoms with van der Waals surface area (Å²) in [4.78, 5) is 38.3. The Morgan fingerprint density at radius 1 is 1.23 bits per heavy atom. The highest BCUT2D eigenvalue weighted by molar-refractivity contribution is 5.94. The van der Waals surface area contributed by atoms with E-state index in [9.17, 15) is 27.6 Å². The Bertz CT molecular complexity index is 1220. The summed E-state index contributed by atoms with van der Waals surface area (Å²) in [5.41, 5.74) is -2.89. The monoisotopic (exact) mass is 435 g/mol. The smallest absolute Gasteiger partial charge is 0.416 e. The third kappa shape index (κ3) is 3.69. The number of carbonyl (C=O) groups excluding carboxylic acids is 1. The van der Waals surface area contributed by atoms with Crippen molar-refractivity contribution < 1.29 is 22.7 Å². The molecule has 7 nitrogen and oxygen atoms in total. The van der Waals surface area contributed by atoms with Crippen LogP contribution in [0.3, 0.4) is 0 Å². The number of aromatic nitrogens is 2. The number of alkyl halides is 3. The lowest BCUT2D eigenvalue weighted by Crippen LogP contribution is -2.43. The lowest BCUT2D eigenvalue weighted by Gasteiger charge is -2.32. The quantitative estimate of drug-likeness (QED) is 0.590. The van der Waals surface area contributed by atoms with Crippen molar-refractivity contribution in [2.24, 2.45) is 14.1 Å². The third-order valence-corrected chi connectivity index (χ3v) is 5.12. The normalized spacial score (nSPS) is 15.9. The van der Waals surface area contributed by atoms with E-state index in [4.69, 9.17) is 4.74 Å². The van der Waals surface area contributed by atoms with Gasteiger partial charge in [0.15, 0.2) is 0 Å². The zero-order chi connectivity index (χ0) is 23.1. The van der Waals surface area contributed by atoms with Crippen molar-refractivity contribution in [2.45, 2.75) is 19.0 Å². The van der Waals surface area contributed by atoms with Gasteiger partial charge in [-0.25, -0.2) is 9.59 Å². The number of nitrogens with one attached hydrogen (secondary N) is 1. The van der Waals surface area contributed by atoms with Gasteiger partial charge in [-0.15, -0.1) is 0 Å². The molecule has 0 saturated heterocycles. The summed E-state index contributed by atoms with van der Waals surface area (Å²) in [6.45, 7) is 4.76. The van der Waals surface area contributed by atoms with Crippen LogP contribution >= 0.6 is 0 Å². The first-order valence-electron chi connectivity index (χ1n) is 9.22. The molecule has 1 atom stereocenters. The van der Waals surface area contributed by atoms with E-state index < -0.39 is 34.9 Å². The number of halogens is 3. The number of benzene rings is 1. The summed E-state index contributed by atoms with van der Waals surface area (Å²) in [6, 6.07) is 4.70. The predicted octanol–water partition coefficient (Wildman–Crippen LogP) is 2.66. The molecule has 1 aromatic heterocycles. The molecular weight excluding hydrogens is 415 g/mol. The number of hydrogen-bond donors (Lipinski definition) is 1. The summed E-state index contributed by atoms with van der Waals surface area (Å²) in [6.07, 6.45) is -3.42. The number of hydrogen-bond acceptors (Lipinski definition) is 5. The maximum atomic E-state index is 13.8. The minimum absolute atomic E-state index is 0.0212. The maximum absolute atomic E-state index is 13.8. The van der Waals surface area contributed by atoms with Gasteiger partial charge in [0.25, 0.3) is 5.56 Å². The lowest BCUT2D eigenvalue weighted by atomic mass is 9.80. The van der Waals surface area contributed by atoms with Crippen LogP contribution in [0.4, 0.5) is 19.0 Å². The van der Waals surface area contributed by atoms with Crippen molar-refractivity contribution in [1.29, 1.82) is 0 Å². The average Bonchev–Trinajstić information content (AvgIpc) is 2.73. The summed E-state index contributed by atoms with van der Waals surface area (Å²) in [5.74, 6) is -2.28. The van der Waals surface area contributed by atoms with E-state index in [1.807, 2.05) is 0 Å². The van der Waals surface area contributed by atoms with Crippen molar-refractivity contribution >= 4 is 11.8 Å². The Kier molecular flexibility index (Phi) is 5.66. The van der Waals surface area contributed by atoms with E-state index in [-0.39, 0.29) is 34.8 Å². The third-order valence-electron chi connectivity index (χ3n) is 5.12. The van der Waals surface area contributed by atoms with Gasteiger partial charge >= 0.3 is 17.8 Å².